The van der Waals surface area contributed by atoms with E-state index in [0.29, 0.717) is 18.5 Å². The van der Waals surface area contributed by atoms with Gasteiger partial charge in [-0.25, -0.2) is 0 Å². The number of nitrogens with zero attached hydrogens (tertiary/aromatic N) is 2. The molecule has 5 heteroatoms. The second-order valence-electron chi connectivity index (χ2n) is 11.1. The normalized spacial score (nSPS) is 46.6. The first-order valence-electron chi connectivity index (χ1n) is 12.9. The molecule has 5 fully saturated rings. The molecule has 6 unspecified atom stereocenters. The van der Waals surface area contributed by atoms with Crippen molar-refractivity contribution in [2.75, 3.05) is 20.1 Å². The van der Waals surface area contributed by atoms with E-state index in [1.807, 2.05) is 0 Å². The van der Waals surface area contributed by atoms with Crippen LogP contribution in [0.4, 0.5) is 0 Å². The number of likely N-dealkylation sites (N-methyl/N-ethyl adjacent to an activating group) is 1. The van der Waals surface area contributed by atoms with Gasteiger partial charge in [0, 0.05) is 37.3 Å². The molecule has 5 rings (SSSR count). The zero-order valence-corrected chi connectivity index (χ0v) is 18.9. The molecule has 2 saturated heterocycles. The minimum atomic E-state index is 0.375. The Morgan fingerprint density at radius 3 is 2.17 bits per heavy atom. The van der Waals surface area contributed by atoms with Crippen molar-refractivity contribution in [3.63, 3.8) is 0 Å². The predicted molar refractivity (Wildman–Crippen MR) is 120 cm³/mol. The maximum atomic E-state index is 4.01. The number of rotatable bonds is 5. The van der Waals surface area contributed by atoms with Gasteiger partial charge < -0.3 is 0 Å². The van der Waals surface area contributed by atoms with Crippen LogP contribution in [0.1, 0.15) is 84.0 Å². The van der Waals surface area contributed by atoms with Gasteiger partial charge in [-0.3, -0.25) is 25.8 Å². The van der Waals surface area contributed by atoms with E-state index in [4.69, 9.17) is 0 Å². The number of fused-ring (bicyclic) bond motifs is 2. The van der Waals surface area contributed by atoms with Gasteiger partial charge >= 0.3 is 0 Å². The average Bonchev–Trinajstić information content (AvgIpc) is 3.26. The molecule has 0 bridgehead atoms. The summed E-state index contributed by atoms with van der Waals surface area (Å²) in [6.45, 7) is 4.80. The van der Waals surface area contributed by atoms with Crippen LogP contribution in [0.25, 0.3) is 0 Å². The molecule has 0 aromatic heterocycles. The second-order valence-corrected chi connectivity index (χ2v) is 11.1. The molecule has 0 aromatic rings. The van der Waals surface area contributed by atoms with Crippen molar-refractivity contribution >= 4 is 0 Å². The Kier molecular flexibility index (Phi) is 6.50. The summed E-state index contributed by atoms with van der Waals surface area (Å²) in [5.74, 6) is 1.86. The first-order chi connectivity index (χ1) is 14.2. The summed E-state index contributed by atoms with van der Waals surface area (Å²) in [7, 11) is 2.35. The third-order valence-corrected chi connectivity index (χ3v) is 9.12. The Balaban J connectivity index is 1.20. The van der Waals surface area contributed by atoms with Crippen LogP contribution in [0.5, 0.6) is 0 Å². The molecule has 6 atom stereocenters. The molecule has 0 amide bonds. The van der Waals surface area contributed by atoms with Gasteiger partial charge in [0.05, 0.1) is 6.17 Å². The van der Waals surface area contributed by atoms with Gasteiger partial charge in [-0.15, -0.1) is 0 Å². The molecule has 0 spiro atoms. The summed E-state index contributed by atoms with van der Waals surface area (Å²) in [5, 5.41) is 11.9. The summed E-state index contributed by atoms with van der Waals surface area (Å²) >= 11 is 0. The largest absolute Gasteiger partial charge is 0.296 e. The smallest absolute Gasteiger partial charge is 0.115 e. The van der Waals surface area contributed by atoms with E-state index in [2.05, 4.69) is 39.7 Å². The van der Waals surface area contributed by atoms with E-state index < -0.39 is 0 Å². The first kappa shape index (κ1) is 20.7. The van der Waals surface area contributed by atoms with Crippen LogP contribution in [-0.2, 0) is 0 Å². The maximum absolute atomic E-state index is 4.01. The molecule has 0 aromatic carbocycles. The molecule has 3 N–H and O–H groups in total. The van der Waals surface area contributed by atoms with Crippen molar-refractivity contribution in [2.24, 2.45) is 11.8 Å². The fraction of sp³-hybridized carbons (Fsp3) is 1.00. The van der Waals surface area contributed by atoms with E-state index in [1.165, 1.54) is 83.6 Å². The average molecular weight is 404 g/mol. The molecule has 2 aliphatic heterocycles. The third kappa shape index (κ3) is 4.41. The fourth-order valence-corrected chi connectivity index (χ4v) is 7.23. The lowest BCUT2D eigenvalue weighted by atomic mass is 9.82. The van der Waals surface area contributed by atoms with Crippen LogP contribution in [0.3, 0.4) is 0 Å². The van der Waals surface area contributed by atoms with Crippen LogP contribution in [0.2, 0.25) is 0 Å². The Morgan fingerprint density at radius 1 is 0.793 bits per heavy atom. The SMILES string of the molecule is CC1CCC(CN2C(NCC3NC4CCCCC4N3C)NC3CCCCC32)CC1. The molecule has 2 heterocycles. The van der Waals surface area contributed by atoms with E-state index in [0.717, 1.165) is 36.5 Å². The van der Waals surface area contributed by atoms with Gasteiger partial charge in [0.1, 0.15) is 6.29 Å². The summed E-state index contributed by atoms with van der Waals surface area (Å²) in [6.07, 6.45) is 17.8. The second kappa shape index (κ2) is 9.12. The molecule has 5 aliphatic rings. The zero-order chi connectivity index (χ0) is 19.8. The Morgan fingerprint density at radius 2 is 1.45 bits per heavy atom. The van der Waals surface area contributed by atoms with Crippen molar-refractivity contribution < 1.29 is 0 Å². The molecule has 166 valence electrons. The van der Waals surface area contributed by atoms with Gasteiger partial charge in [-0.05, 0) is 57.4 Å². The first-order valence-corrected chi connectivity index (χ1v) is 12.9. The highest BCUT2D eigenvalue weighted by Crippen LogP contribution is 2.34. The molecule has 0 radical (unpaired) electrons. The predicted octanol–water partition coefficient (Wildman–Crippen LogP) is 3.07. The molecule has 3 saturated carbocycles. The number of nitrogens with one attached hydrogen (secondary N) is 3. The minimum absolute atomic E-state index is 0.375. The highest BCUT2D eigenvalue weighted by molar-refractivity contribution is 5.00. The van der Waals surface area contributed by atoms with Crippen molar-refractivity contribution in [2.45, 2.75) is 121 Å². The quantitative estimate of drug-likeness (QED) is 0.658. The molecular formula is C24H45N5. The number of hydrogen-bond donors (Lipinski definition) is 3. The summed E-state index contributed by atoms with van der Waals surface area (Å²) in [6, 6.07) is 2.95. The van der Waals surface area contributed by atoms with Crippen molar-refractivity contribution in [3.8, 4) is 0 Å². The van der Waals surface area contributed by atoms with E-state index in [-0.39, 0.29) is 0 Å². The Hall–Kier alpha value is -0.200. The van der Waals surface area contributed by atoms with E-state index >= 15 is 0 Å². The molecule has 29 heavy (non-hydrogen) atoms. The van der Waals surface area contributed by atoms with Crippen molar-refractivity contribution in [1.29, 1.82) is 0 Å². The molecule has 5 nitrogen and oxygen atoms in total. The lowest BCUT2D eigenvalue weighted by Gasteiger charge is -2.37. The standard InChI is InChI=1S/C24H45N5/c1-17-11-13-18(14-12-17)16-29-22-10-6-4-8-20(22)27-24(29)25-15-23-26-19-7-3-5-9-21(19)28(23)2/h17-27H,3-16H2,1-2H3. The Bertz CT molecular complexity index is 533. The lowest BCUT2D eigenvalue weighted by molar-refractivity contribution is 0.0962. The summed E-state index contributed by atoms with van der Waals surface area (Å²) in [4.78, 5) is 5.48. The molecule has 3 aliphatic carbocycles. The van der Waals surface area contributed by atoms with Crippen LogP contribution in [-0.4, -0.2) is 66.6 Å². The van der Waals surface area contributed by atoms with Gasteiger partial charge in [0.25, 0.3) is 0 Å². The van der Waals surface area contributed by atoms with E-state index in [9.17, 15) is 0 Å². The van der Waals surface area contributed by atoms with Crippen molar-refractivity contribution in [3.05, 3.63) is 0 Å². The fourth-order valence-electron chi connectivity index (χ4n) is 7.23. The number of hydrogen-bond acceptors (Lipinski definition) is 5. The van der Waals surface area contributed by atoms with Crippen LogP contribution in [0.15, 0.2) is 0 Å². The van der Waals surface area contributed by atoms with E-state index in [1.54, 1.807) is 0 Å². The topological polar surface area (TPSA) is 42.6 Å². The van der Waals surface area contributed by atoms with Gasteiger partial charge in [-0.2, -0.15) is 0 Å². The monoisotopic (exact) mass is 403 g/mol. The van der Waals surface area contributed by atoms with Gasteiger partial charge in [0.2, 0.25) is 0 Å². The summed E-state index contributed by atoms with van der Waals surface area (Å²) < 4.78 is 0. The van der Waals surface area contributed by atoms with Crippen LogP contribution < -0.4 is 16.0 Å². The Labute approximate surface area is 178 Å². The highest BCUT2D eigenvalue weighted by atomic mass is 15.5. The minimum Gasteiger partial charge on any atom is -0.296 e. The highest BCUT2D eigenvalue weighted by Gasteiger charge is 2.44. The van der Waals surface area contributed by atoms with Crippen molar-refractivity contribution in [1.82, 2.24) is 25.8 Å². The van der Waals surface area contributed by atoms with Crippen LogP contribution in [0, 0.1) is 11.8 Å². The van der Waals surface area contributed by atoms with Crippen LogP contribution >= 0.6 is 0 Å². The zero-order valence-electron chi connectivity index (χ0n) is 18.9. The van der Waals surface area contributed by atoms with Gasteiger partial charge in [-0.1, -0.05) is 45.4 Å². The lowest BCUT2D eigenvalue weighted by Crippen LogP contribution is -2.55. The third-order valence-electron chi connectivity index (χ3n) is 9.12. The van der Waals surface area contributed by atoms with Gasteiger partial charge in [0.15, 0.2) is 0 Å². The molecular weight excluding hydrogens is 358 g/mol. The maximum Gasteiger partial charge on any atom is 0.115 e. The summed E-state index contributed by atoms with van der Waals surface area (Å²) in [5.41, 5.74) is 0.